The molecule has 124 valence electrons. The normalized spacial score (nSPS) is 40.1. The number of imide groups is 1. The topological polar surface area (TPSA) is 104 Å². The van der Waals surface area contributed by atoms with Crippen molar-refractivity contribution in [2.45, 2.75) is 37.6 Å². The number of fused-ring (bicyclic) bond motifs is 5. The van der Waals surface area contributed by atoms with Crippen molar-refractivity contribution in [1.82, 2.24) is 4.98 Å². The molecule has 0 saturated carbocycles. The van der Waals surface area contributed by atoms with Crippen molar-refractivity contribution in [1.29, 1.82) is 5.26 Å². The largest absolute Gasteiger partial charge is 0.390 e. The summed E-state index contributed by atoms with van der Waals surface area (Å²) in [4.78, 5) is 30.2. The second-order valence-electron chi connectivity index (χ2n) is 6.92. The van der Waals surface area contributed by atoms with Gasteiger partial charge in [0.2, 0.25) is 11.8 Å². The van der Waals surface area contributed by atoms with Crippen LogP contribution in [0.3, 0.4) is 0 Å². The lowest BCUT2D eigenvalue weighted by Crippen LogP contribution is -2.49. The number of hydrogen-bond donors (Lipinski definition) is 1. The number of aliphatic hydroxyl groups excluding tert-OH is 1. The Labute approximate surface area is 136 Å². The van der Waals surface area contributed by atoms with Crippen molar-refractivity contribution in [2.24, 2.45) is 11.8 Å². The van der Waals surface area contributed by atoms with Gasteiger partial charge in [0, 0.05) is 12.5 Å². The van der Waals surface area contributed by atoms with E-state index in [1.54, 1.807) is 19.9 Å². The Hall–Kier alpha value is -2.37. The molecule has 4 rings (SSSR count). The molecule has 1 aromatic heterocycles. The molecule has 3 saturated heterocycles. The number of carbonyl (C=O) groups excluding carboxylic acids is 2. The van der Waals surface area contributed by atoms with Gasteiger partial charge in [-0.1, -0.05) is 0 Å². The number of pyridine rings is 1. The summed E-state index contributed by atoms with van der Waals surface area (Å²) < 4.78 is 19.7. The van der Waals surface area contributed by atoms with Crippen LogP contribution in [0.5, 0.6) is 0 Å². The fourth-order valence-electron chi connectivity index (χ4n) is 4.41. The van der Waals surface area contributed by atoms with Gasteiger partial charge in [-0.2, -0.15) is 5.26 Å². The molecular weight excluding hydrogens is 317 g/mol. The first-order valence-corrected chi connectivity index (χ1v) is 7.54. The molecule has 0 aliphatic carbocycles. The lowest BCUT2D eigenvalue weighted by Gasteiger charge is -2.31. The minimum Gasteiger partial charge on any atom is -0.390 e. The maximum Gasteiger partial charge on any atom is 0.240 e. The first-order valence-electron chi connectivity index (χ1n) is 7.54. The average molecular weight is 331 g/mol. The van der Waals surface area contributed by atoms with Crippen molar-refractivity contribution >= 4 is 17.5 Å². The molecule has 3 aliphatic heterocycles. The average Bonchev–Trinajstić information content (AvgIpc) is 3.01. The van der Waals surface area contributed by atoms with E-state index in [9.17, 15) is 19.1 Å². The molecule has 2 bridgehead atoms. The van der Waals surface area contributed by atoms with Crippen molar-refractivity contribution in [3.8, 4) is 6.07 Å². The number of aliphatic hydroxyl groups is 1. The van der Waals surface area contributed by atoms with Crippen LogP contribution in [0.1, 0.15) is 26.0 Å². The second-order valence-corrected chi connectivity index (χ2v) is 6.92. The van der Waals surface area contributed by atoms with E-state index < -0.39 is 52.5 Å². The predicted molar refractivity (Wildman–Crippen MR) is 76.9 cm³/mol. The molecule has 7 nitrogen and oxygen atoms in total. The molecule has 0 radical (unpaired) electrons. The summed E-state index contributed by atoms with van der Waals surface area (Å²) in [5.41, 5.74) is -2.49. The van der Waals surface area contributed by atoms with E-state index in [0.29, 0.717) is 0 Å². The van der Waals surface area contributed by atoms with Crippen LogP contribution in [-0.2, 0) is 14.3 Å². The summed E-state index contributed by atoms with van der Waals surface area (Å²) in [6.07, 6.45) is 0.538. The molecule has 4 heterocycles. The van der Waals surface area contributed by atoms with E-state index in [4.69, 9.17) is 10.00 Å². The number of rotatable bonds is 1. The Morgan fingerprint density at radius 2 is 2.08 bits per heavy atom. The highest BCUT2D eigenvalue weighted by molar-refractivity contribution is 6.23. The zero-order valence-corrected chi connectivity index (χ0v) is 13.0. The summed E-state index contributed by atoms with van der Waals surface area (Å²) in [6.45, 7) is 3.33. The molecule has 3 aliphatic rings. The van der Waals surface area contributed by atoms with Gasteiger partial charge in [-0.25, -0.2) is 14.3 Å². The van der Waals surface area contributed by atoms with Crippen LogP contribution in [0.25, 0.3) is 0 Å². The molecule has 24 heavy (non-hydrogen) atoms. The second kappa shape index (κ2) is 4.37. The minimum atomic E-state index is -1.14. The number of nitrogens with zero attached hydrogens (tertiary/aromatic N) is 3. The number of carbonyl (C=O) groups is 2. The van der Waals surface area contributed by atoms with Gasteiger partial charge >= 0.3 is 0 Å². The zero-order valence-electron chi connectivity index (χ0n) is 13.0. The zero-order chi connectivity index (χ0) is 17.4. The SMILES string of the molecule is CC12C[C@H](O)C(C)(O1)[C@@H]1C(=O)N(c3cnc(C#N)c(F)c3)C(=O)[C@@H]12. The monoisotopic (exact) mass is 331 g/mol. The first kappa shape index (κ1) is 15.2. The molecule has 0 spiro atoms. The summed E-state index contributed by atoms with van der Waals surface area (Å²) in [5.74, 6) is -3.48. The van der Waals surface area contributed by atoms with Gasteiger partial charge < -0.3 is 9.84 Å². The molecule has 3 fully saturated rings. The van der Waals surface area contributed by atoms with E-state index in [-0.39, 0.29) is 12.1 Å². The van der Waals surface area contributed by atoms with Crippen LogP contribution in [0.2, 0.25) is 0 Å². The minimum absolute atomic E-state index is 0.0167. The standard InChI is InChI=1S/C16H14FN3O4/c1-15-4-10(21)16(2,24-15)12-11(15)13(22)20(14(12)23)7-3-8(17)9(5-18)19-6-7/h3,6,10-12,21H,4H2,1-2H3/t10-,11+,12-,15?,16?/m0/s1. The molecule has 5 atom stereocenters. The Kier molecular flexibility index (Phi) is 2.77. The van der Waals surface area contributed by atoms with Crippen molar-refractivity contribution in [2.75, 3.05) is 4.90 Å². The highest BCUT2D eigenvalue weighted by Gasteiger charge is 2.75. The van der Waals surface area contributed by atoms with Gasteiger partial charge in [0.25, 0.3) is 0 Å². The van der Waals surface area contributed by atoms with Crippen LogP contribution >= 0.6 is 0 Å². The number of amides is 2. The molecule has 1 N–H and O–H groups in total. The van der Waals surface area contributed by atoms with Crippen LogP contribution < -0.4 is 4.90 Å². The molecular formula is C16H14FN3O4. The fourth-order valence-corrected chi connectivity index (χ4v) is 4.41. The van der Waals surface area contributed by atoms with E-state index in [2.05, 4.69) is 4.98 Å². The van der Waals surface area contributed by atoms with Gasteiger partial charge in [0.1, 0.15) is 11.7 Å². The quantitative estimate of drug-likeness (QED) is 0.752. The number of aromatic nitrogens is 1. The van der Waals surface area contributed by atoms with Gasteiger partial charge in [-0.15, -0.1) is 0 Å². The number of hydrogen-bond acceptors (Lipinski definition) is 6. The van der Waals surface area contributed by atoms with E-state index in [0.717, 1.165) is 17.2 Å². The summed E-state index contributed by atoms with van der Waals surface area (Å²) in [6, 6.07) is 2.54. The van der Waals surface area contributed by atoms with Crippen LogP contribution in [-0.4, -0.2) is 39.2 Å². The van der Waals surface area contributed by atoms with Gasteiger partial charge in [0.15, 0.2) is 11.5 Å². The Morgan fingerprint density at radius 3 is 2.71 bits per heavy atom. The summed E-state index contributed by atoms with van der Waals surface area (Å²) >= 11 is 0. The Bertz CT molecular complexity index is 837. The lowest BCUT2D eigenvalue weighted by molar-refractivity contribution is -0.132. The third kappa shape index (κ3) is 1.58. The maximum atomic E-state index is 13.8. The highest BCUT2D eigenvalue weighted by atomic mass is 19.1. The molecule has 8 heteroatoms. The van der Waals surface area contributed by atoms with Gasteiger partial charge in [0.05, 0.1) is 35.4 Å². The van der Waals surface area contributed by atoms with Crippen LogP contribution in [0.4, 0.5) is 10.1 Å². The van der Waals surface area contributed by atoms with Crippen molar-refractivity contribution in [3.63, 3.8) is 0 Å². The number of nitriles is 1. The van der Waals surface area contributed by atoms with Gasteiger partial charge in [-0.3, -0.25) is 9.59 Å². The van der Waals surface area contributed by atoms with Crippen LogP contribution in [0, 0.1) is 29.0 Å². The third-order valence-electron chi connectivity index (χ3n) is 5.49. The lowest BCUT2D eigenvalue weighted by atomic mass is 9.67. The Morgan fingerprint density at radius 1 is 1.42 bits per heavy atom. The van der Waals surface area contributed by atoms with E-state index in [1.165, 1.54) is 0 Å². The first-order chi connectivity index (χ1) is 11.2. The smallest absolute Gasteiger partial charge is 0.240 e. The van der Waals surface area contributed by atoms with E-state index >= 15 is 0 Å². The third-order valence-corrected chi connectivity index (χ3v) is 5.49. The number of halogens is 1. The summed E-state index contributed by atoms with van der Waals surface area (Å²) in [5, 5.41) is 19.0. The van der Waals surface area contributed by atoms with E-state index in [1.807, 2.05) is 0 Å². The predicted octanol–water partition coefficient (Wildman–Crippen LogP) is 0.510. The molecule has 0 aromatic carbocycles. The highest BCUT2D eigenvalue weighted by Crippen LogP contribution is 2.60. The van der Waals surface area contributed by atoms with Crippen LogP contribution in [0.15, 0.2) is 12.3 Å². The molecule has 2 amide bonds. The summed E-state index contributed by atoms with van der Waals surface area (Å²) in [7, 11) is 0. The fraction of sp³-hybridized carbons (Fsp3) is 0.500. The number of ether oxygens (including phenoxy) is 1. The Balaban J connectivity index is 1.79. The van der Waals surface area contributed by atoms with Gasteiger partial charge in [-0.05, 0) is 13.8 Å². The molecule has 1 aromatic rings. The molecule has 2 unspecified atom stereocenters. The maximum absolute atomic E-state index is 13.8. The number of anilines is 1. The van der Waals surface area contributed by atoms with Crippen molar-refractivity contribution < 1.29 is 23.8 Å². The van der Waals surface area contributed by atoms with Crippen molar-refractivity contribution in [3.05, 3.63) is 23.8 Å².